The molecule has 1 aliphatic rings. The second-order valence-electron chi connectivity index (χ2n) is 8.19. The standard InChI is InChI=1S/C18H31NO2Si/c1-17(2,3)22(4,5)21-16-12-18(14-20,19-13-16)11-15-9-7-6-8-10-15/h6-10,16,19-20H,11-14H2,1-5H3/t16-,18+/m1/s1. The highest BCUT2D eigenvalue weighted by atomic mass is 28.4. The van der Waals surface area contributed by atoms with Crippen molar-refractivity contribution >= 4 is 8.32 Å². The van der Waals surface area contributed by atoms with Gasteiger partial charge in [-0.1, -0.05) is 51.1 Å². The highest BCUT2D eigenvalue weighted by molar-refractivity contribution is 6.74. The predicted molar refractivity (Wildman–Crippen MR) is 94.7 cm³/mol. The second kappa shape index (κ2) is 6.44. The Labute approximate surface area is 136 Å². The number of benzene rings is 1. The van der Waals surface area contributed by atoms with Crippen molar-refractivity contribution in [3.8, 4) is 0 Å². The molecular formula is C18H31NO2Si. The quantitative estimate of drug-likeness (QED) is 0.817. The molecule has 2 rings (SSSR count). The molecule has 1 heterocycles. The van der Waals surface area contributed by atoms with Crippen LogP contribution in [-0.2, 0) is 10.8 Å². The van der Waals surface area contributed by atoms with E-state index in [9.17, 15) is 5.11 Å². The van der Waals surface area contributed by atoms with E-state index in [0.717, 1.165) is 19.4 Å². The molecule has 3 nitrogen and oxygen atoms in total. The van der Waals surface area contributed by atoms with Crippen molar-refractivity contribution in [1.29, 1.82) is 0 Å². The number of aliphatic hydroxyl groups is 1. The molecule has 1 saturated heterocycles. The van der Waals surface area contributed by atoms with E-state index in [1.54, 1.807) is 0 Å². The Hall–Kier alpha value is -0.683. The SMILES string of the molecule is CC(C)(C)[Si](C)(C)O[C@H]1CN[C@@](CO)(Cc2ccccc2)C1. The van der Waals surface area contributed by atoms with Crippen molar-refractivity contribution in [2.75, 3.05) is 13.2 Å². The Morgan fingerprint density at radius 3 is 2.45 bits per heavy atom. The van der Waals surface area contributed by atoms with Gasteiger partial charge in [0.05, 0.1) is 12.7 Å². The Morgan fingerprint density at radius 2 is 1.91 bits per heavy atom. The van der Waals surface area contributed by atoms with Crippen LogP contribution in [0.5, 0.6) is 0 Å². The summed E-state index contributed by atoms with van der Waals surface area (Å²) in [5, 5.41) is 13.7. The number of nitrogens with one attached hydrogen (secondary N) is 1. The Balaban J connectivity index is 2.03. The summed E-state index contributed by atoms with van der Waals surface area (Å²) in [4.78, 5) is 0. The smallest absolute Gasteiger partial charge is 0.192 e. The van der Waals surface area contributed by atoms with Crippen LogP contribution >= 0.6 is 0 Å². The normalized spacial score (nSPS) is 26.4. The molecule has 0 unspecified atom stereocenters. The van der Waals surface area contributed by atoms with Gasteiger partial charge in [0.15, 0.2) is 8.32 Å². The molecule has 1 aromatic carbocycles. The molecule has 1 aliphatic heterocycles. The minimum absolute atomic E-state index is 0.152. The largest absolute Gasteiger partial charge is 0.413 e. The number of hydrogen-bond acceptors (Lipinski definition) is 3. The highest BCUT2D eigenvalue weighted by Gasteiger charge is 2.44. The third kappa shape index (κ3) is 3.99. The molecule has 124 valence electrons. The number of rotatable bonds is 5. The summed E-state index contributed by atoms with van der Waals surface area (Å²) in [6.45, 7) is 12.4. The third-order valence-corrected chi connectivity index (χ3v) is 9.81. The molecule has 0 amide bonds. The fourth-order valence-corrected chi connectivity index (χ4v) is 4.24. The molecule has 1 fully saturated rings. The van der Waals surface area contributed by atoms with Gasteiger partial charge in [0.25, 0.3) is 0 Å². The first kappa shape index (κ1) is 17.7. The summed E-state index contributed by atoms with van der Waals surface area (Å²) in [5.41, 5.74) is 1.02. The lowest BCUT2D eigenvalue weighted by atomic mass is 9.89. The molecule has 1 aromatic rings. The number of hydrogen-bond donors (Lipinski definition) is 2. The fraction of sp³-hybridized carbons (Fsp3) is 0.667. The van der Waals surface area contributed by atoms with Gasteiger partial charge in [0, 0.05) is 12.1 Å². The maximum absolute atomic E-state index is 9.95. The monoisotopic (exact) mass is 321 g/mol. The first-order valence-corrected chi connectivity index (χ1v) is 11.2. The summed E-state index contributed by atoms with van der Waals surface area (Å²) in [5.74, 6) is 0. The summed E-state index contributed by atoms with van der Waals surface area (Å²) in [6.07, 6.45) is 1.93. The maximum atomic E-state index is 9.95. The maximum Gasteiger partial charge on any atom is 0.192 e. The lowest BCUT2D eigenvalue weighted by Crippen LogP contribution is -2.45. The van der Waals surface area contributed by atoms with E-state index in [-0.39, 0.29) is 23.3 Å². The van der Waals surface area contributed by atoms with Crippen molar-refractivity contribution in [3.63, 3.8) is 0 Å². The average Bonchev–Trinajstić information content (AvgIpc) is 2.81. The van der Waals surface area contributed by atoms with Crippen LogP contribution in [0, 0.1) is 0 Å². The average molecular weight is 322 g/mol. The first-order valence-electron chi connectivity index (χ1n) is 8.25. The molecule has 0 bridgehead atoms. The van der Waals surface area contributed by atoms with Crippen LogP contribution < -0.4 is 5.32 Å². The van der Waals surface area contributed by atoms with Gasteiger partial charge in [-0.05, 0) is 36.5 Å². The molecule has 0 radical (unpaired) electrons. The van der Waals surface area contributed by atoms with Crippen molar-refractivity contribution in [2.45, 2.75) is 63.4 Å². The molecule has 0 saturated carbocycles. The van der Waals surface area contributed by atoms with E-state index in [0.29, 0.717) is 0 Å². The summed E-state index contributed by atoms with van der Waals surface area (Å²) < 4.78 is 6.52. The van der Waals surface area contributed by atoms with Gasteiger partial charge in [-0.25, -0.2) is 0 Å². The Kier molecular flexibility index (Phi) is 5.17. The molecule has 0 spiro atoms. The van der Waals surface area contributed by atoms with E-state index in [1.807, 2.05) is 6.07 Å². The zero-order chi connectivity index (χ0) is 16.4. The van der Waals surface area contributed by atoms with Crippen molar-refractivity contribution in [1.82, 2.24) is 5.32 Å². The minimum atomic E-state index is -1.76. The van der Waals surface area contributed by atoms with E-state index in [4.69, 9.17) is 4.43 Å². The van der Waals surface area contributed by atoms with E-state index >= 15 is 0 Å². The second-order valence-corrected chi connectivity index (χ2v) is 12.9. The lowest BCUT2D eigenvalue weighted by molar-refractivity contribution is 0.149. The molecular weight excluding hydrogens is 290 g/mol. The molecule has 0 aromatic heterocycles. The van der Waals surface area contributed by atoms with Gasteiger partial charge in [0.2, 0.25) is 0 Å². The van der Waals surface area contributed by atoms with Crippen molar-refractivity contribution < 1.29 is 9.53 Å². The molecule has 0 aliphatic carbocycles. The Bertz CT molecular complexity index is 484. The zero-order valence-electron chi connectivity index (χ0n) is 14.6. The molecule has 2 N–H and O–H groups in total. The highest BCUT2D eigenvalue weighted by Crippen LogP contribution is 2.39. The van der Waals surface area contributed by atoms with Crippen LogP contribution in [0.15, 0.2) is 30.3 Å². The van der Waals surface area contributed by atoms with Crippen LogP contribution in [0.2, 0.25) is 18.1 Å². The van der Waals surface area contributed by atoms with E-state index in [1.165, 1.54) is 5.56 Å². The van der Waals surface area contributed by atoms with Crippen LogP contribution in [0.3, 0.4) is 0 Å². The molecule has 22 heavy (non-hydrogen) atoms. The predicted octanol–water partition coefficient (Wildman–Crippen LogP) is 3.34. The van der Waals surface area contributed by atoms with Gasteiger partial charge < -0.3 is 14.8 Å². The fourth-order valence-electron chi connectivity index (χ4n) is 2.88. The Morgan fingerprint density at radius 1 is 1.27 bits per heavy atom. The number of aliphatic hydroxyl groups excluding tert-OH is 1. The van der Waals surface area contributed by atoms with Gasteiger partial charge >= 0.3 is 0 Å². The van der Waals surface area contributed by atoms with Crippen LogP contribution in [0.25, 0.3) is 0 Å². The zero-order valence-corrected chi connectivity index (χ0v) is 15.6. The van der Waals surface area contributed by atoms with E-state index in [2.05, 4.69) is 63.4 Å². The van der Waals surface area contributed by atoms with Crippen LogP contribution in [0.1, 0.15) is 32.8 Å². The van der Waals surface area contributed by atoms with Crippen molar-refractivity contribution in [3.05, 3.63) is 35.9 Å². The summed E-state index contributed by atoms with van der Waals surface area (Å²) in [7, 11) is -1.76. The van der Waals surface area contributed by atoms with Gasteiger partial charge in [-0.2, -0.15) is 0 Å². The van der Waals surface area contributed by atoms with Crippen LogP contribution in [-0.4, -0.2) is 38.2 Å². The first-order chi connectivity index (χ1) is 10.2. The lowest BCUT2D eigenvalue weighted by Gasteiger charge is -2.38. The molecule has 2 atom stereocenters. The summed E-state index contributed by atoms with van der Waals surface area (Å²) in [6, 6.07) is 10.4. The van der Waals surface area contributed by atoms with Gasteiger partial charge in [0.1, 0.15) is 0 Å². The van der Waals surface area contributed by atoms with Crippen molar-refractivity contribution in [2.24, 2.45) is 0 Å². The molecule has 4 heteroatoms. The topological polar surface area (TPSA) is 41.5 Å². The van der Waals surface area contributed by atoms with Gasteiger partial charge in [-0.15, -0.1) is 0 Å². The third-order valence-electron chi connectivity index (χ3n) is 5.28. The van der Waals surface area contributed by atoms with E-state index < -0.39 is 8.32 Å². The summed E-state index contributed by atoms with van der Waals surface area (Å²) >= 11 is 0. The minimum Gasteiger partial charge on any atom is -0.413 e. The van der Waals surface area contributed by atoms with Crippen LogP contribution in [0.4, 0.5) is 0 Å². The van der Waals surface area contributed by atoms with Gasteiger partial charge in [-0.3, -0.25) is 0 Å².